The average Bonchev–Trinajstić information content (AvgIpc) is 2.69. The van der Waals surface area contributed by atoms with Gasteiger partial charge in [0, 0.05) is 12.1 Å². The van der Waals surface area contributed by atoms with E-state index in [1.165, 1.54) is 13.2 Å². The van der Waals surface area contributed by atoms with Crippen LogP contribution >= 0.6 is 0 Å². The summed E-state index contributed by atoms with van der Waals surface area (Å²) >= 11 is 0. The van der Waals surface area contributed by atoms with E-state index in [0.717, 1.165) is 55.1 Å². The molecule has 0 spiro atoms. The van der Waals surface area contributed by atoms with Gasteiger partial charge in [0.15, 0.2) is 0 Å². The molecule has 0 saturated carbocycles. The van der Waals surface area contributed by atoms with Crippen LogP contribution in [0.1, 0.15) is 57.0 Å². The quantitative estimate of drug-likeness (QED) is 0.537. The largest absolute Gasteiger partial charge is 0.496 e. The first-order valence-electron chi connectivity index (χ1n) is 9.74. The Kier molecular flexibility index (Phi) is 7.66. The lowest BCUT2D eigenvalue weighted by Crippen LogP contribution is -2.11. The highest BCUT2D eigenvalue weighted by Gasteiger charge is 2.31. The number of halogens is 3. The van der Waals surface area contributed by atoms with E-state index in [4.69, 9.17) is 14.7 Å². The van der Waals surface area contributed by atoms with Crippen molar-refractivity contribution < 1.29 is 17.9 Å². The fourth-order valence-corrected chi connectivity index (χ4v) is 3.00. The zero-order chi connectivity index (χ0) is 20.7. The van der Waals surface area contributed by atoms with Gasteiger partial charge in [-0.3, -0.25) is 0 Å². The molecule has 2 rings (SSSR count). The Morgan fingerprint density at radius 2 is 1.71 bits per heavy atom. The number of ether oxygens (including phenoxy) is 1. The number of methoxy groups -OCH3 is 1. The van der Waals surface area contributed by atoms with E-state index in [1.807, 2.05) is 13.8 Å². The Bertz CT molecular complexity index is 791. The molecule has 4 nitrogen and oxygen atoms in total. The Labute approximate surface area is 164 Å². The highest BCUT2D eigenvalue weighted by molar-refractivity contribution is 5.71. The zero-order valence-corrected chi connectivity index (χ0v) is 16.9. The molecule has 0 aliphatic heterocycles. The number of hydrogen-bond donors (Lipinski definition) is 1. The molecule has 0 amide bonds. The number of alkyl halides is 3. The van der Waals surface area contributed by atoms with Gasteiger partial charge in [-0.25, -0.2) is 9.97 Å². The van der Waals surface area contributed by atoms with Crippen molar-refractivity contribution >= 4 is 5.82 Å². The van der Waals surface area contributed by atoms with Gasteiger partial charge in [0.2, 0.25) is 0 Å². The third kappa shape index (κ3) is 5.14. The van der Waals surface area contributed by atoms with Crippen LogP contribution in [0, 0.1) is 0 Å². The number of rotatable bonds is 9. The van der Waals surface area contributed by atoms with Crippen LogP contribution in [0.15, 0.2) is 18.2 Å². The molecule has 28 heavy (non-hydrogen) atoms. The van der Waals surface area contributed by atoms with Gasteiger partial charge in [-0.2, -0.15) is 13.2 Å². The highest BCUT2D eigenvalue weighted by Crippen LogP contribution is 2.37. The molecule has 7 heteroatoms. The molecule has 1 heterocycles. The number of hydrogen-bond acceptors (Lipinski definition) is 4. The summed E-state index contributed by atoms with van der Waals surface area (Å²) in [7, 11) is 1.36. The summed E-state index contributed by atoms with van der Waals surface area (Å²) in [5, 5.41) is 3.36. The Morgan fingerprint density at radius 3 is 2.29 bits per heavy atom. The van der Waals surface area contributed by atoms with E-state index in [1.54, 1.807) is 0 Å². The van der Waals surface area contributed by atoms with E-state index < -0.39 is 11.7 Å². The maximum absolute atomic E-state index is 13.0. The lowest BCUT2D eigenvalue weighted by molar-refractivity contribution is -0.137. The van der Waals surface area contributed by atoms with Crippen LogP contribution < -0.4 is 10.1 Å². The van der Waals surface area contributed by atoms with Crippen molar-refractivity contribution in [1.29, 1.82) is 0 Å². The molecule has 1 N–H and O–H groups in total. The fourth-order valence-electron chi connectivity index (χ4n) is 3.00. The first-order chi connectivity index (χ1) is 13.3. The summed E-state index contributed by atoms with van der Waals surface area (Å²) in [6.45, 7) is 6.91. The molecular formula is C21H28F3N3O. The fraction of sp³-hybridized carbons (Fsp3) is 0.524. The standard InChI is InChI=1S/C21H28F3N3O/c1-5-8-9-12-25-20-17(7-3)26-19(16(6-2)27-20)15-11-10-14(21(22,23)24)13-18(15)28-4/h10-11,13H,5-9,12H2,1-4H3,(H,25,27). The van der Waals surface area contributed by atoms with Crippen molar-refractivity contribution in [3.8, 4) is 17.0 Å². The topological polar surface area (TPSA) is 47.0 Å². The Balaban J connectivity index is 2.47. The molecule has 0 fully saturated rings. The summed E-state index contributed by atoms with van der Waals surface area (Å²) in [6.07, 6.45) is 0.191. The van der Waals surface area contributed by atoms with Gasteiger partial charge in [0.1, 0.15) is 11.6 Å². The number of nitrogens with zero attached hydrogens (tertiary/aromatic N) is 2. The third-order valence-electron chi connectivity index (χ3n) is 4.57. The zero-order valence-electron chi connectivity index (χ0n) is 16.9. The lowest BCUT2D eigenvalue weighted by Gasteiger charge is -2.17. The molecule has 154 valence electrons. The minimum Gasteiger partial charge on any atom is -0.496 e. The van der Waals surface area contributed by atoms with E-state index in [-0.39, 0.29) is 5.75 Å². The van der Waals surface area contributed by atoms with E-state index >= 15 is 0 Å². The number of nitrogens with one attached hydrogen (secondary N) is 1. The summed E-state index contributed by atoms with van der Waals surface area (Å²) in [5.74, 6) is 0.898. The minimum absolute atomic E-state index is 0.143. The van der Waals surface area contributed by atoms with E-state index in [0.29, 0.717) is 24.1 Å². The monoisotopic (exact) mass is 395 g/mol. The second-order valence-electron chi connectivity index (χ2n) is 6.57. The van der Waals surface area contributed by atoms with Crippen molar-refractivity contribution in [1.82, 2.24) is 9.97 Å². The number of aryl methyl sites for hydroxylation is 2. The summed E-state index contributed by atoms with van der Waals surface area (Å²) < 4.78 is 44.4. The minimum atomic E-state index is -4.42. The second-order valence-corrected chi connectivity index (χ2v) is 6.57. The molecule has 0 saturated heterocycles. The first kappa shape index (κ1) is 22.0. The molecular weight excluding hydrogens is 367 g/mol. The molecule has 1 aromatic carbocycles. The van der Waals surface area contributed by atoms with E-state index in [9.17, 15) is 13.2 Å². The van der Waals surface area contributed by atoms with Crippen LogP contribution in [0.2, 0.25) is 0 Å². The maximum atomic E-state index is 13.0. The SMILES string of the molecule is CCCCCNc1nc(CC)c(-c2ccc(C(F)(F)F)cc2OC)nc1CC. The van der Waals surface area contributed by atoms with Gasteiger partial charge in [-0.1, -0.05) is 33.6 Å². The van der Waals surface area contributed by atoms with Crippen molar-refractivity contribution in [2.45, 2.75) is 59.1 Å². The number of benzene rings is 1. The van der Waals surface area contributed by atoms with Crippen LogP contribution in [-0.4, -0.2) is 23.6 Å². The van der Waals surface area contributed by atoms with Crippen LogP contribution in [0.5, 0.6) is 5.75 Å². The van der Waals surface area contributed by atoms with Gasteiger partial charge in [0.05, 0.1) is 29.8 Å². The summed E-state index contributed by atoms with van der Waals surface area (Å²) in [5.41, 5.74) is 1.87. The molecule has 0 radical (unpaired) electrons. The molecule has 1 aromatic heterocycles. The van der Waals surface area contributed by atoms with Crippen LogP contribution in [-0.2, 0) is 19.0 Å². The van der Waals surface area contributed by atoms with Crippen molar-refractivity contribution in [3.63, 3.8) is 0 Å². The van der Waals surface area contributed by atoms with Crippen molar-refractivity contribution in [3.05, 3.63) is 35.2 Å². The van der Waals surface area contributed by atoms with Crippen molar-refractivity contribution in [2.75, 3.05) is 19.0 Å². The Morgan fingerprint density at radius 1 is 1.00 bits per heavy atom. The van der Waals surface area contributed by atoms with Crippen LogP contribution in [0.3, 0.4) is 0 Å². The predicted molar refractivity (Wildman–Crippen MR) is 106 cm³/mol. The molecule has 0 aliphatic carbocycles. The smallest absolute Gasteiger partial charge is 0.416 e. The second kappa shape index (κ2) is 9.75. The average molecular weight is 395 g/mol. The van der Waals surface area contributed by atoms with E-state index in [2.05, 4.69) is 12.2 Å². The molecule has 2 aromatic rings. The third-order valence-corrected chi connectivity index (χ3v) is 4.57. The Hall–Kier alpha value is -2.31. The van der Waals surface area contributed by atoms with Gasteiger partial charge in [0.25, 0.3) is 0 Å². The summed E-state index contributed by atoms with van der Waals surface area (Å²) in [6, 6.07) is 3.49. The summed E-state index contributed by atoms with van der Waals surface area (Å²) in [4.78, 5) is 9.48. The predicted octanol–water partition coefficient (Wildman–Crippen LogP) is 5.90. The van der Waals surface area contributed by atoms with Crippen molar-refractivity contribution in [2.24, 2.45) is 0 Å². The molecule has 0 atom stereocenters. The van der Waals surface area contributed by atoms with Gasteiger partial charge in [-0.15, -0.1) is 0 Å². The highest BCUT2D eigenvalue weighted by atomic mass is 19.4. The normalized spacial score (nSPS) is 11.5. The number of unbranched alkanes of at least 4 members (excludes halogenated alkanes) is 2. The van der Waals surface area contributed by atoms with Crippen LogP contribution in [0.25, 0.3) is 11.3 Å². The van der Waals surface area contributed by atoms with Gasteiger partial charge >= 0.3 is 6.18 Å². The first-order valence-corrected chi connectivity index (χ1v) is 9.74. The van der Waals surface area contributed by atoms with Gasteiger partial charge < -0.3 is 10.1 Å². The molecule has 0 aliphatic rings. The molecule has 0 unspecified atom stereocenters. The lowest BCUT2D eigenvalue weighted by atomic mass is 10.0. The number of aromatic nitrogens is 2. The molecule has 0 bridgehead atoms. The maximum Gasteiger partial charge on any atom is 0.416 e. The van der Waals surface area contributed by atoms with Gasteiger partial charge in [-0.05, 0) is 37.5 Å². The van der Waals surface area contributed by atoms with Crippen LogP contribution in [0.4, 0.5) is 19.0 Å². The number of anilines is 1.